The van der Waals surface area contributed by atoms with Crippen LogP contribution in [0.3, 0.4) is 0 Å². The van der Waals surface area contributed by atoms with Crippen molar-refractivity contribution in [1.29, 1.82) is 0 Å². The SMILES string of the molecule is CC.CC.CC.CC.CC.CC.CC.CC.O=C(O)Cc1ccc(S(=O)(=O)CCc2ccccc2)cc1.O=C(O)Cc1ccc(S(=O)(=O)CCc2ccccn2)cc1. The minimum Gasteiger partial charge on any atom is -0.481 e. The molecule has 0 atom stereocenters. The summed E-state index contributed by atoms with van der Waals surface area (Å²) in [5, 5.41) is 17.4. The molecule has 0 aliphatic rings. The number of benzene rings is 3. The van der Waals surface area contributed by atoms with E-state index in [-0.39, 0.29) is 34.1 Å². The van der Waals surface area contributed by atoms with Crippen LogP contribution in [0.5, 0.6) is 0 Å². The predicted octanol–water partition coefficient (Wildman–Crippen LogP) is 12.3. The molecule has 0 bridgehead atoms. The topological polar surface area (TPSA) is 156 Å². The summed E-state index contributed by atoms with van der Waals surface area (Å²) in [4.78, 5) is 25.7. The Labute approximate surface area is 355 Å². The molecule has 0 saturated carbocycles. The highest BCUT2D eigenvalue weighted by Gasteiger charge is 2.16. The lowest BCUT2D eigenvalue weighted by molar-refractivity contribution is -0.137. The summed E-state index contributed by atoms with van der Waals surface area (Å²) in [5.41, 5.74) is 2.86. The summed E-state index contributed by atoms with van der Waals surface area (Å²) in [6, 6.07) is 26.8. The number of sulfone groups is 2. The number of aromatic nitrogens is 1. The van der Waals surface area contributed by atoms with Crippen LogP contribution < -0.4 is 0 Å². The van der Waals surface area contributed by atoms with Crippen molar-refractivity contribution >= 4 is 31.6 Å². The van der Waals surface area contributed by atoms with Gasteiger partial charge in [-0.3, -0.25) is 14.6 Å². The van der Waals surface area contributed by atoms with Crippen molar-refractivity contribution in [2.24, 2.45) is 0 Å². The minimum absolute atomic E-state index is 0.0255. The largest absolute Gasteiger partial charge is 0.481 e. The molecular weight excluding hydrogens is 771 g/mol. The maximum Gasteiger partial charge on any atom is 0.307 e. The molecule has 4 rings (SSSR count). The Kier molecular flexibility index (Phi) is 51.2. The van der Waals surface area contributed by atoms with Gasteiger partial charge in [-0.25, -0.2) is 16.8 Å². The van der Waals surface area contributed by atoms with Crippen molar-refractivity contribution < 1.29 is 36.6 Å². The van der Waals surface area contributed by atoms with Gasteiger partial charge in [0.05, 0.1) is 34.1 Å². The van der Waals surface area contributed by atoms with Gasteiger partial charge in [-0.05, 0) is 59.5 Å². The van der Waals surface area contributed by atoms with Gasteiger partial charge in [-0.15, -0.1) is 0 Å². The van der Waals surface area contributed by atoms with E-state index in [2.05, 4.69) is 4.98 Å². The fraction of sp³-hybridized carbons (Fsp3) is 0.468. The van der Waals surface area contributed by atoms with Gasteiger partial charge in [0.15, 0.2) is 19.7 Å². The van der Waals surface area contributed by atoms with Crippen LogP contribution in [0.1, 0.15) is 133 Å². The lowest BCUT2D eigenvalue weighted by atomic mass is 10.2. The first-order valence-corrected chi connectivity index (χ1v) is 24.3. The molecule has 2 N–H and O–H groups in total. The van der Waals surface area contributed by atoms with Crippen LogP contribution in [0.15, 0.2) is 113 Å². The Morgan fingerprint density at radius 1 is 0.431 bits per heavy atom. The molecule has 0 unspecified atom stereocenters. The molecule has 58 heavy (non-hydrogen) atoms. The molecule has 0 aliphatic heterocycles. The maximum absolute atomic E-state index is 12.2. The van der Waals surface area contributed by atoms with Gasteiger partial charge in [-0.1, -0.05) is 171 Å². The van der Waals surface area contributed by atoms with Gasteiger partial charge in [0, 0.05) is 18.3 Å². The number of aryl methyl sites for hydroxylation is 2. The number of hydrogen-bond donors (Lipinski definition) is 2. The molecule has 0 amide bonds. The zero-order valence-corrected chi connectivity index (χ0v) is 40.3. The van der Waals surface area contributed by atoms with E-state index < -0.39 is 31.6 Å². The van der Waals surface area contributed by atoms with Crippen LogP contribution in [0.4, 0.5) is 0 Å². The molecule has 0 saturated heterocycles. The second-order valence-electron chi connectivity index (χ2n) is 9.37. The average molecular weight is 850 g/mol. The molecule has 1 aromatic heterocycles. The highest BCUT2D eigenvalue weighted by atomic mass is 32.2. The van der Waals surface area contributed by atoms with E-state index >= 15 is 0 Å². The van der Waals surface area contributed by atoms with E-state index in [9.17, 15) is 26.4 Å². The Morgan fingerprint density at radius 3 is 1.07 bits per heavy atom. The lowest BCUT2D eigenvalue weighted by Crippen LogP contribution is -2.10. The Morgan fingerprint density at radius 2 is 0.759 bits per heavy atom. The maximum atomic E-state index is 12.2. The number of carboxylic acid groups (broad SMARTS) is 2. The number of hydrogen-bond acceptors (Lipinski definition) is 7. The summed E-state index contributed by atoms with van der Waals surface area (Å²) in [6.07, 6.45) is 2.21. The van der Waals surface area contributed by atoms with Crippen molar-refractivity contribution in [3.63, 3.8) is 0 Å². The molecule has 3 aromatic carbocycles. The lowest BCUT2D eigenvalue weighted by Gasteiger charge is -2.06. The average Bonchev–Trinajstić information content (AvgIpc) is 3.29. The van der Waals surface area contributed by atoms with Gasteiger partial charge in [0.2, 0.25) is 0 Å². The molecule has 11 heteroatoms. The summed E-state index contributed by atoms with van der Waals surface area (Å²) >= 11 is 0. The quantitative estimate of drug-likeness (QED) is 0.142. The van der Waals surface area contributed by atoms with Crippen LogP contribution in [0.2, 0.25) is 0 Å². The van der Waals surface area contributed by atoms with Crippen LogP contribution in [0, 0.1) is 0 Å². The molecular formula is C47H79NO8S2. The third-order valence-electron chi connectivity index (χ3n) is 6.13. The summed E-state index contributed by atoms with van der Waals surface area (Å²) < 4.78 is 48.8. The molecule has 0 aliphatic carbocycles. The Balaban J connectivity index is -0.000000173. The molecule has 0 spiro atoms. The van der Waals surface area contributed by atoms with Crippen LogP contribution in [-0.2, 0) is 54.9 Å². The highest BCUT2D eigenvalue weighted by Crippen LogP contribution is 2.16. The van der Waals surface area contributed by atoms with Crippen molar-refractivity contribution in [2.75, 3.05) is 11.5 Å². The monoisotopic (exact) mass is 850 g/mol. The summed E-state index contributed by atoms with van der Waals surface area (Å²) in [6.45, 7) is 32.0. The third kappa shape index (κ3) is 32.7. The van der Waals surface area contributed by atoms with Crippen molar-refractivity contribution in [2.45, 2.75) is 146 Å². The van der Waals surface area contributed by atoms with Gasteiger partial charge in [-0.2, -0.15) is 0 Å². The first-order chi connectivity index (χ1) is 27.9. The number of nitrogens with zero attached hydrogens (tertiary/aromatic N) is 1. The fourth-order valence-corrected chi connectivity index (χ4v) is 6.45. The fourth-order valence-electron chi connectivity index (χ4n) is 3.90. The minimum atomic E-state index is -3.39. The molecule has 0 fully saturated rings. The van der Waals surface area contributed by atoms with Gasteiger partial charge in [0.25, 0.3) is 0 Å². The molecule has 1 heterocycles. The van der Waals surface area contributed by atoms with E-state index in [1.165, 1.54) is 36.4 Å². The van der Waals surface area contributed by atoms with Crippen molar-refractivity contribution in [1.82, 2.24) is 4.98 Å². The summed E-state index contributed by atoms with van der Waals surface area (Å²) in [5.74, 6) is -1.87. The molecule has 4 aromatic rings. The second-order valence-corrected chi connectivity index (χ2v) is 13.6. The molecule has 332 valence electrons. The van der Waals surface area contributed by atoms with Gasteiger partial charge in [0.1, 0.15) is 0 Å². The Hall–Kier alpha value is -4.35. The van der Waals surface area contributed by atoms with Crippen molar-refractivity contribution in [3.05, 3.63) is 126 Å². The standard InChI is InChI=1S/C16H16O4S.C15H15NO4S.8C2H6/c17-16(18)12-14-6-8-15(9-7-14)21(19,20)11-10-13-4-2-1-3-5-13;17-15(18)11-12-4-6-14(7-5-12)21(19,20)10-8-13-3-1-2-9-16-13;8*1-2/h1-9H,10-12H2,(H,17,18);1-7,9H,8,10-11H2,(H,17,18);8*1-2H3. The second kappa shape index (κ2) is 45.4. The Bertz CT molecular complexity index is 1550. The van der Waals surface area contributed by atoms with Crippen molar-refractivity contribution in [3.8, 4) is 0 Å². The first kappa shape index (κ1) is 65.5. The third-order valence-corrected chi connectivity index (χ3v) is 9.59. The van der Waals surface area contributed by atoms with Gasteiger partial charge >= 0.3 is 11.9 Å². The first-order valence-electron chi connectivity index (χ1n) is 21.0. The van der Waals surface area contributed by atoms with Gasteiger partial charge < -0.3 is 10.2 Å². The van der Waals surface area contributed by atoms with E-state index in [1.54, 1.807) is 30.5 Å². The van der Waals surface area contributed by atoms with E-state index in [1.807, 2.05) is 147 Å². The zero-order valence-electron chi connectivity index (χ0n) is 38.7. The smallest absolute Gasteiger partial charge is 0.307 e. The molecule has 9 nitrogen and oxygen atoms in total. The van der Waals surface area contributed by atoms with Crippen LogP contribution in [0.25, 0.3) is 0 Å². The van der Waals surface area contributed by atoms with E-state index in [4.69, 9.17) is 10.2 Å². The highest BCUT2D eigenvalue weighted by molar-refractivity contribution is 7.91. The van der Waals surface area contributed by atoms with Crippen LogP contribution >= 0.6 is 0 Å². The van der Waals surface area contributed by atoms with E-state index in [0.717, 1.165) is 11.3 Å². The normalized spacial score (nSPS) is 8.97. The molecule has 0 radical (unpaired) electrons. The number of aliphatic carboxylic acids is 2. The number of rotatable bonds is 12. The summed E-state index contributed by atoms with van der Waals surface area (Å²) in [7, 11) is -6.74. The number of carboxylic acids is 2. The number of pyridine rings is 1. The predicted molar refractivity (Wildman–Crippen MR) is 249 cm³/mol. The van der Waals surface area contributed by atoms with E-state index in [0.29, 0.717) is 24.0 Å². The zero-order chi connectivity index (χ0) is 46.6. The van der Waals surface area contributed by atoms with Crippen LogP contribution in [-0.4, -0.2) is 55.5 Å². The number of carbonyl (C=O) groups is 2.